The summed E-state index contributed by atoms with van der Waals surface area (Å²) in [7, 11) is 0. The molecule has 1 heterocycles. The highest BCUT2D eigenvalue weighted by Gasteiger charge is 2.20. The number of aliphatic hydroxyl groups excluding tert-OH is 1. The average Bonchev–Trinajstić information content (AvgIpc) is 2.86. The minimum Gasteiger partial charge on any atom is -0.492 e. The van der Waals surface area contributed by atoms with Crippen molar-refractivity contribution < 1.29 is 19.1 Å². The topological polar surface area (TPSA) is 92.0 Å². The summed E-state index contributed by atoms with van der Waals surface area (Å²) in [6, 6.07) is 11.6. The molecule has 4 rings (SSSR count). The van der Waals surface area contributed by atoms with E-state index < -0.39 is 6.03 Å². The molecule has 0 unspecified atom stereocenters. The van der Waals surface area contributed by atoms with E-state index in [-0.39, 0.29) is 25.1 Å². The number of ether oxygens (including phenoxy) is 1. The molecule has 8 heteroatoms. The van der Waals surface area contributed by atoms with Crippen LogP contribution in [0.3, 0.4) is 0 Å². The summed E-state index contributed by atoms with van der Waals surface area (Å²) in [6.07, 6.45) is 7.36. The molecule has 0 bridgehead atoms. The van der Waals surface area contributed by atoms with Crippen LogP contribution in [0, 0.1) is 5.92 Å². The van der Waals surface area contributed by atoms with E-state index in [9.17, 15) is 14.7 Å². The highest BCUT2D eigenvalue weighted by atomic mass is 35.5. The van der Waals surface area contributed by atoms with Crippen LogP contribution in [0.15, 0.2) is 57.9 Å². The Morgan fingerprint density at radius 2 is 1.91 bits per heavy atom. The van der Waals surface area contributed by atoms with E-state index >= 15 is 0 Å². The molecular weight excluding hydrogens is 456 g/mol. The first-order chi connectivity index (χ1) is 16.5. The van der Waals surface area contributed by atoms with E-state index in [0.29, 0.717) is 45.5 Å². The van der Waals surface area contributed by atoms with Gasteiger partial charge in [-0.25, -0.2) is 4.79 Å². The van der Waals surface area contributed by atoms with Gasteiger partial charge in [-0.2, -0.15) is 0 Å². The van der Waals surface area contributed by atoms with Crippen molar-refractivity contribution in [3.63, 3.8) is 0 Å². The molecule has 2 amide bonds. The maximum Gasteiger partial charge on any atom is 0.322 e. The second-order valence-corrected chi connectivity index (χ2v) is 9.05. The zero-order chi connectivity index (χ0) is 23.9. The van der Waals surface area contributed by atoms with Crippen LogP contribution in [0.1, 0.15) is 37.7 Å². The molecule has 3 aromatic rings. The van der Waals surface area contributed by atoms with Crippen LogP contribution < -0.4 is 15.5 Å². The number of amides is 2. The molecule has 0 aliphatic heterocycles. The number of nitrogens with one attached hydrogen (secondary N) is 1. The Kier molecular flexibility index (Phi) is 8.08. The molecule has 7 nitrogen and oxygen atoms in total. The van der Waals surface area contributed by atoms with Gasteiger partial charge in [0, 0.05) is 17.3 Å². The Bertz CT molecular complexity index is 1170. The largest absolute Gasteiger partial charge is 0.492 e. The van der Waals surface area contributed by atoms with Crippen LogP contribution in [0.2, 0.25) is 5.02 Å². The van der Waals surface area contributed by atoms with Crippen LogP contribution in [-0.2, 0) is 6.54 Å². The van der Waals surface area contributed by atoms with Crippen molar-refractivity contribution in [3.05, 3.63) is 69.5 Å². The fourth-order valence-corrected chi connectivity index (χ4v) is 4.41. The van der Waals surface area contributed by atoms with E-state index in [0.717, 1.165) is 12.8 Å². The van der Waals surface area contributed by atoms with Crippen molar-refractivity contribution in [3.8, 4) is 5.75 Å². The summed E-state index contributed by atoms with van der Waals surface area (Å²) in [6.45, 7) is 0.359. The Hall–Kier alpha value is -3.03. The zero-order valence-electron chi connectivity index (χ0n) is 19.0. The molecule has 1 aliphatic carbocycles. The lowest BCUT2D eigenvalue weighted by molar-refractivity contribution is 0.185. The lowest BCUT2D eigenvalue weighted by Gasteiger charge is -2.23. The predicted molar refractivity (Wildman–Crippen MR) is 133 cm³/mol. The van der Waals surface area contributed by atoms with Crippen LogP contribution in [0.5, 0.6) is 5.75 Å². The first-order valence-electron chi connectivity index (χ1n) is 11.6. The third-order valence-corrected chi connectivity index (χ3v) is 6.40. The number of hydrogen-bond donors (Lipinski definition) is 2. The second kappa shape index (κ2) is 11.4. The molecule has 2 aromatic carbocycles. The highest BCUT2D eigenvalue weighted by Crippen LogP contribution is 2.28. The average molecular weight is 485 g/mol. The number of urea groups is 1. The fourth-order valence-electron chi connectivity index (χ4n) is 4.29. The van der Waals surface area contributed by atoms with Gasteiger partial charge in [0.05, 0.1) is 31.6 Å². The van der Waals surface area contributed by atoms with Crippen LogP contribution >= 0.6 is 11.6 Å². The molecule has 1 aliphatic rings. The predicted octanol–water partition coefficient (Wildman–Crippen LogP) is 5.43. The third kappa shape index (κ3) is 5.90. The molecule has 34 heavy (non-hydrogen) atoms. The number of benzene rings is 2. The van der Waals surface area contributed by atoms with E-state index in [1.165, 1.54) is 30.4 Å². The van der Waals surface area contributed by atoms with E-state index in [2.05, 4.69) is 5.32 Å². The SMILES string of the molecule is O=C(Nc1ccc(Cl)cc1)N(CCO)Cc1coc2cccc(OCC3CCCCC3)c2c1=O. The molecule has 2 N–H and O–H groups in total. The van der Waals surface area contributed by atoms with E-state index in [1.54, 1.807) is 42.5 Å². The van der Waals surface area contributed by atoms with Gasteiger partial charge in [0.1, 0.15) is 16.7 Å². The van der Waals surface area contributed by atoms with Gasteiger partial charge in [-0.05, 0) is 55.2 Å². The number of halogens is 1. The minimum absolute atomic E-state index is 0.0186. The van der Waals surface area contributed by atoms with Gasteiger partial charge < -0.3 is 24.5 Å². The van der Waals surface area contributed by atoms with E-state index in [4.69, 9.17) is 20.8 Å². The van der Waals surface area contributed by atoms with Gasteiger partial charge in [-0.15, -0.1) is 0 Å². The number of fused-ring (bicyclic) bond motifs is 1. The molecule has 0 spiro atoms. The number of aliphatic hydroxyl groups is 1. The number of carbonyl (C=O) groups excluding carboxylic acids is 1. The number of rotatable bonds is 8. The third-order valence-electron chi connectivity index (χ3n) is 6.15. The van der Waals surface area contributed by atoms with Gasteiger partial charge in [0.2, 0.25) is 5.43 Å². The summed E-state index contributed by atoms with van der Waals surface area (Å²) < 4.78 is 11.8. The zero-order valence-corrected chi connectivity index (χ0v) is 19.7. The van der Waals surface area contributed by atoms with Gasteiger partial charge in [-0.1, -0.05) is 36.9 Å². The smallest absolute Gasteiger partial charge is 0.322 e. The summed E-state index contributed by atoms with van der Waals surface area (Å²) in [5.41, 5.74) is 1.05. The summed E-state index contributed by atoms with van der Waals surface area (Å²) >= 11 is 5.90. The van der Waals surface area contributed by atoms with Crippen molar-refractivity contribution >= 4 is 34.3 Å². The molecule has 0 saturated heterocycles. The summed E-state index contributed by atoms with van der Waals surface area (Å²) in [5, 5.41) is 13.2. The van der Waals surface area contributed by atoms with Gasteiger partial charge >= 0.3 is 6.03 Å². The van der Waals surface area contributed by atoms with E-state index in [1.807, 2.05) is 0 Å². The fraction of sp³-hybridized carbons (Fsp3) is 0.385. The Morgan fingerprint density at radius 3 is 2.65 bits per heavy atom. The molecule has 0 atom stereocenters. The number of hydrogen-bond acceptors (Lipinski definition) is 5. The molecule has 1 saturated carbocycles. The van der Waals surface area contributed by atoms with Crippen molar-refractivity contribution in [1.29, 1.82) is 0 Å². The normalized spacial score (nSPS) is 14.2. The van der Waals surface area contributed by atoms with Gasteiger partial charge in [0.15, 0.2) is 0 Å². The first-order valence-corrected chi connectivity index (χ1v) is 12.0. The highest BCUT2D eigenvalue weighted by molar-refractivity contribution is 6.30. The van der Waals surface area contributed by atoms with Crippen molar-refractivity contribution in [2.45, 2.75) is 38.6 Å². The lowest BCUT2D eigenvalue weighted by atomic mass is 9.90. The Labute approximate surface area is 203 Å². The second-order valence-electron chi connectivity index (χ2n) is 8.62. The maximum absolute atomic E-state index is 13.4. The molecule has 1 fully saturated rings. The summed E-state index contributed by atoms with van der Waals surface area (Å²) in [4.78, 5) is 27.6. The Morgan fingerprint density at radius 1 is 1.15 bits per heavy atom. The molecular formula is C26H29ClN2O5. The van der Waals surface area contributed by atoms with Crippen LogP contribution in [0.25, 0.3) is 11.0 Å². The van der Waals surface area contributed by atoms with Crippen molar-refractivity contribution in [1.82, 2.24) is 4.90 Å². The number of nitrogens with zero attached hydrogens (tertiary/aromatic N) is 1. The number of anilines is 1. The minimum atomic E-state index is -0.447. The van der Waals surface area contributed by atoms with Crippen LogP contribution in [-0.4, -0.2) is 35.8 Å². The molecule has 1 aromatic heterocycles. The van der Waals surface area contributed by atoms with Crippen molar-refractivity contribution in [2.24, 2.45) is 5.92 Å². The molecule has 0 radical (unpaired) electrons. The standard InChI is InChI=1S/C26H29ClN2O5/c27-20-9-11-21(12-10-20)28-26(32)29(13-14-30)15-19-17-34-23-8-4-7-22(24(23)25(19)31)33-16-18-5-2-1-3-6-18/h4,7-12,17-18,30H,1-3,5-6,13-16H2,(H,28,32). The first kappa shape index (κ1) is 24.1. The van der Waals surface area contributed by atoms with Gasteiger partial charge in [0.25, 0.3) is 0 Å². The number of carbonyl (C=O) groups is 1. The van der Waals surface area contributed by atoms with Crippen LogP contribution in [0.4, 0.5) is 10.5 Å². The quantitative estimate of drug-likeness (QED) is 0.444. The van der Waals surface area contributed by atoms with Gasteiger partial charge in [-0.3, -0.25) is 4.79 Å². The Balaban J connectivity index is 1.54. The summed E-state index contributed by atoms with van der Waals surface area (Å²) in [5.74, 6) is 0.994. The lowest BCUT2D eigenvalue weighted by Crippen LogP contribution is -2.37. The van der Waals surface area contributed by atoms with Crippen molar-refractivity contribution in [2.75, 3.05) is 25.1 Å². The monoisotopic (exact) mass is 484 g/mol. The molecule has 180 valence electrons. The maximum atomic E-state index is 13.4.